The molecule has 0 unspecified atom stereocenters. The number of imidazole rings is 1. The number of aromatic nitrogens is 2. The number of halogens is 5. The molecule has 0 spiro atoms. The molecule has 0 aliphatic carbocycles. The van der Waals surface area contributed by atoms with Gasteiger partial charge in [0.1, 0.15) is 0 Å². The van der Waals surface area contributed by atoms with Crippen LogP contribution in [-0.2, 0) is 0 Å². The maximum atomic E-state index is 13.4. The van der Waals surface area contributed by atoms with E-state index in [9.17, 15) is 22.0 Å². The first-order chi connectivity index (χ1) is 11.0. The van der Waals surface area contributed by atoms with Crippen molar-refractivity contribution in [3.05, 3.63) is 58.9 Å². The topological polar surface area (TPSA) is 53.1 Å². The third-order valence-electron chi connectivity index (χ3n) is 3.00. The van der Waals surface area contributed by atoms with Gasteiger partial charge >= 0.3 is 0 Å². The summed E-state index contributed by atoms with van der Waals surface area (Å²) < 4.78 is 65.8. The average molecular weight is 326 g/mol. The third kappa shape index (κ3) is 2.60. The molecule has 0 aliphatic heterocycles. The van der Waals surface area contributed by atoms with Crippen LogP contribution >= 0.6 is 0 Å². The van der Waals surface area contributed by atoms with E-state index in [1.807, 2.05) is 0 Å². The highest BCUT2D eigenvalue weighted by Gasteiger charge is 2.24. The number of nitrogens with zero attached hydrogens (tertiary/aromatic N) is 2. The third-order valence-corrected chi connectivity index (χ3v) is 3.00. The number of anilines is 1. The zero-order chi connectivity index (χ0) is 16.6. The molecule has 4 nitrogen and oxygen atoms in total. The second-order valence-electron chi connectivity index (χ2n) is 4.46. The van der Waals surface area contributed by atoms with E-state index >= 15 is 0 Å². The second-order valence-corrected chi connectivity index (χ2v) is 4.46. The van der Waals surface area contributed by atoms with Crippen molar-refractivity contribution in [2.24, 2.45) is 5.10 Å². The molecule has 0 amide bonds. The Morgan fingerprint density at radius 1 is 0.913 bits per heavy atom. The minimum atomic E-state index is -2.22. The quantitative estimate of drug-likeness (QED) is 0.253. The number of aromatic amines is 1. The zero-order valence-corrected chi connectivity index (χ0v) is 11.2. The van der Waals surface area contributed by atoms with E-state index in [0.29, 0.717) is 17.2 Å². The number of nitrogens with one attached hydrogen (secondary N) is 2. The fourth-order valence-corrected chi connectivity index (χ4v) is 1.90. The number of H-pyrrole nitrogens is 1. The molecule has 23 heavy (non-hydrogen) atoms. The second kappa shape index (κ2) is 5.67. The summed E-state index contributed by atoms with van der Waals surface area (Å²) in [6.45, 7) is 0. The molecule has 2 aromatic carbocycles. The lowest BCUT2D eigenvalue weighted by Gasteiger charge is -2.03. The molecule has 0 fully saturated rings. The molecular weight excluding hydrogens is 319 g/mol. The summed E-state index contributed by atoms with van der Waals surface area (Å²) >= 11 is 0. The predicted molar refractivity (Wildman–Crippen MR) is 73.5 cm³/mol. The van der Waals surface area contributed by atoms with Crippen LogP contribution in [-0.4, -0.2) is 16.2 Å². The Hall–Kier alpha value is -2.97. The zero-order valence-electron chi connectivity index (χ0n) is 11.2. The first kappa shape index (κ1) is 14.9. The molecule has 2 N–H and O–H groups in total. The fourth-order valence-electron chi connectivity index (χ4n) is 1.90. The number of hydrogen-bond acceptors (Lipinski definition) is 3. The Balaban J connectivity index is 1.88. The van der Waals surface area contributed by atoms with Crippen molar-refractivity contribution in [2.45, 2.75) is 0 Å². The van der Waals surface area contributed by atoms with Crippen molar-refractivity contribution >= 4 is 23.2 Å². The van der Waals surface area contributed by atoms with Gasteiger partial charge in [0.15, 0.2) is 23.3 Å². The standard InChI is InChI=1S/C14H7F5N4/c15-9-6(10(16)12(18)13(19)11(9)17)5-20-23-14-21-7-3-1-2-4-8(7)22-14/h1-5H,(H2,21,22,23). The largest absolute Gasteiger partial charge is 0.323 e. The lowest BCUT2D eigenvalue weighted by Crippen LogP contribution is -2.07. The van der Waals surface area contributed by atoms with Gasteiger partial charge < -0.3 is 4.98 Å². The number of hydrogen-bond donors (Lipinski definition) is 2. The lowest BCUT2D eigenvalue weighted by atomic mass is 10.2. The van der Waals surface area contributed by atoms with Crippen LogP contribution in [0.3, 0.4) is 0 Å². The van der Waals surface area contributed by atoms with Gasteiger partial charge in [-0.15, -0.1) is 0 Å². The first-order valence-electron chi connectivity index (χ1n) is 6.24. The monoisotopic (exact) mass is 326 g/mol. The van der Waals surface area contributed by atoms with Crippen molar-refractivity contribution in [3.63, 3.8) is 0 Å². The molecule has 0 saturated carbocycles. The maximum absolute atomic E-state index is 13.4. The molecule has 1 aromatic heterocycles. The van der Waals surface area contributed by atoms with Crippen molar-refractivity contribution in [3.8, 4) is 0 Å². The molecule has 1 heterocycles. The van der Waals surface area contributed by atoms with E-state index in [4.69, 9.17) is 0 Å². The van der Waals surface area contributed by atoms with Gasteiger partial charge in [-0.3, -0.25) is 0 Å². The molecule has 0 saturated heterocycles. The Morgan fingerprint density at radius 2 is 1.52 bits per heavy atom. The smallest absolute Gasteiger partial charge is 0.222 e. The number of hydrazone groups is 1. The van der Waals surface area contributed by atoms with Crippen LogP contribution in [0.5, 0.6) is 0 Å². The predicted octanol–water partition coefficient (Wildman–Crippen LogP) is 3.70. The molecule has 3 aromatic rings. The van der Waals surface area contributed by atoms with Crippen LogP contribution in [0.4, 0.5) is 27.9 Å². The van der Waals surface area contributed by atoms with Crippen LogP contribution in [0, 0.1) is 29.1 Å². The summed E-state index contributed by atoms with van der Waals surface area (Å²) in [6, 6.07) is 6.97. The summed E-state index contributed by atoms with van der Waals surface area (Å²) in [5.41, 5.74) is 2.47. The summed E-state index contributed by atoms with van der Waals surface area (Å²) in [5, 5.41) is 3.44. The summed E-state index contributed by atoms with van der Waals surface area (Å²) in [7, 11) is 0. The van der Waals surface area contributed by atoms with Gasteiger partial charge in [-0.2, -0.15) is 5.10 Å². The van der Waals surface area contributed by atoms with Gasteiger partial charge in [0, 0.05) is 0 Å². The lowest BCUT2D eigenvalue weighted by molar-refractivity contribution is 0.377. The molecule has 9 heteroatoms. The van der Waals surface area contributed by atoms with Crippen LogP contribution in [0.25, 0.3) is 11.0 Å². The van der Waals surface area contributed by atoms with E-state index in [1.165, 1.54) is 0 Å². The van der Waals surface area contributed by atoms with Gasteiger partial charge in [0.2, 0.25) is 11.8 Å². The van der Waals surface area contributed by atoms with E-state index in [0.717, 1.165) is 0 Å². The molecular formula is C14H7F5N4. The molecule has 3 rings (SSSR count). The molecule has 0 bridgehead atoms. The van der Waals surface area contributed by atoms with Crippen LogP contribution in [0.1, 0.15) is 5.56 Å². The minimum Gasteiger partial charge on any atom is -0.323 e. The van der Waals surface area contributed by atoms with E-state index in [-0.39, 0.29) is 5.95 Å². The van der Waals surface area contributed by atoms with Gasteiger partial charge in [-0.25, -0.2) is 32.4 Å². The van der Waals surface area contributed by atoms with Crippen molar-refractivity contribution in [1.82, 2.24) is 9.97 Å². The summed E-state index contributed by atoms with van der Waals surface area (Å²) in [4.78, 5) is 6.87. The average Bonchev–Trinajstić information content (AvgIpc) is 2.97. The van der Waals surface area contributed by atoms with Crippen LogP contribution < -0.4 is 5.43 Å². The maximum Gasteiger partial charge on any atom is 0.222 e. The van der Waals surface area contributed by atoms with Gasteiger partial charge in [-0.1, -0.05) is 12.1 Å². The van der Waals surface area contributed by atoms with E-state index in [1.54, 1.807) is 24.3 Å². The fraction of sp³-hybridized carbons (Fsp3) is 0. The summed E-state index contributed by atoms with van der Waals surface area (Å²) in [5.74, 6) is -10.1. The normalized spacial score (nSPS) is 11.5. The molecule has 0 aliphatic rings. The Bertz CT molecular complexity index is 857. The van der Waals surface area contributed by atoms with E-state index < -0.39 is 34.6 Å². The van der Waals surface area contributed by atoms with Gasteiger partial charge in [-0.05, 0) is 12.1 Å². The SMILES string of the molecule is Fc1c(F)c(F)c(C=NNc2nc3ccccc3[nH]2)c(F)c1F. The van der Waals surface area contributed by atoms with Gasteiger partial charge in [0.05, 0.1) is 22.8 Å². The first-order valence-corrected chi connectivity index (χ1v) is 6.24. The highest BCUT2D eigenvalue weighted by molar-refractivity contribution is 5.81. The van der Waals surface area contributed by atoms with Crippen LogP contribution in [0.2, 0.25) is 0 Å². The van der Waals surface area contributed by atoms with Crippen molar-refractivity contribution in [1.29, 1.82) is 0 Å². The van der Waals surface area contributed by atoms with E-state index in [2.05, 4.69) is 20.5 Å². The highest BCUT2D eigenvalue weighted by Crippen LogP contribution is 2.21. The number of para-hydroxylation sites is 2. The molecule has 0 atom stereocenters. The van der Waals surface area contributed by atoms with Crippen LogP contribution in [0.15, 0.2) is 29.4 Å². The summed E-state index contributed by atoms with van der Waals surface area (Å²) in [6.07, 6.45) is 0.490. The van der Waals surface area contributed by atoms with Crippen molar-refractivity contribution in [2.75, 3.05) is 5.43 Å². The highest BCUT2D eigenvalue weighted by atomic mass is 19.2. The number of benzene rings is 2. The number of rotatable bonds is 3. The van der Waals surface area contributed by atoms with Gasteiger partial charge in [0.25, 0.3) is 0 Å². The Labute approximate surface area is 125 Å². The molecule has 118 valence electrons. The van der Waals surface area contributed by atoms with Crippen molar-refractivity contribution < 1.29 is 22.0 Å². The Kier molecular flexibility index (Phi) is 3.68. The minimum absolute atomic E-state index is 0.145. The number of fused-ring (bicyclic) bond motifs is 1. The Morgan fingerprint density at radius 3 is 2.17 bits per heavy atom. The molecule has 0 radical (unpaired) electrons.